The zero-order chi connectivity index (χ0) is 15.2. The van der Waals surface area contributed by atoms with Gasteiger partial charge in [-0.15, -0.1) is 0 Å². The van der Waals surface area contributed by atoms with E-state index >= 15 is 0 Å². The second kappa shape index (κ2) is 8.18. The lowest BCUT2D eigenvalue weighted by Gasteiger charge is -2.13. The molecule has 0 fully saturated rings. The highest BCUT2D eigenvalue weighted by molar-refractivity contribution is 9.10. The van der Waals surface area contributed by atoms with Crippen LogP contribution in [0.1, 0.15) is 18.1 Å². The third kappa shape index (κ3) is 4.99. The molecule has 0 saturated carbocycles. The monoisotopic (exact) mass is 431 g/mol. The summed E-state index contributed by atoms with van der Waals surface area (Å²) in [4.78, 5) is 0. The van der Waals surface area contributed by atoms with Gasteiger partial charge >= 0.3 is 0 Å². The van der Waals surface area contributed by atoms with Gasteiger partial charge in [0.1, 0.15) is 12.4 Å². The van der Waals surface area contributed by atoms with Gasteiger partial charge in [-0.05, 0) is 36.9 Å². The normalized spacial score (nSPS) is 10.7. The summed E-state index contributed by atoms with van der Waals surface area (Å²) in [5.41, 5.74) is 2.09. The molecule has 0 aliphatic rings. The molecule has 2 nitrogen and oxygen atoms in total. The van der Waals surface area contributed by atoms with E-state index in [2.05, 4.69) is 50.2 Å². The Morgan fingerprint density at radius 3 is 2.48 bits per heavy atom. The molecule has 0 saturated heterocycles. The SMILES string of the molecule is CCNCc1cc(Br)ccc1OCc1ccc(Br)cc1Cl. The predicted molar refractivity (Wildman–Crippen MR) is 95.0 cm³/mol. The van der Waals surface area contributed by atoms with E-state index in [0.29, 0.717) is 11.6 Å². The van der Waals surface area contributed by atoms with Crippen molar-refractivity contribution in [3.63, 3.8) is 0 Å². The Morgan fingerprint density at radius 1 is 1.05 bits per heavy atom. The zero-order valence-electron chi connectivity index (χ0n) is 11.6. The Morgan fingerprint density at radius 2 is 1.76 bits per heavy atom. The fourth-order valence-corrected chi connectivity index (χ4v) is 3.02. The molecule has 0 unspecified atom stereocenters. The summed E-state index contributed by atoms with van der Waals surface area (Å²) in [5, 5.41) is 4.02. The number of hydrogen-bond donors (Lipinski definition) is 1. The number of hydrogen-bond acceptors (Lipinski definition) is 2. The van der Waals surface area contributed by atoms with Gasteiger partial charge in [0, 0.05) is 31.6 Å². The van der Waals surface area contributed by atoms with E-state index in [4.69, 9.17) is 16.3 Å². The van der Waals surface area contributed by atoms with Gasteiger partial charge in [0.25, 0.3) is 0 Å². The lowest BCUT2D eigenvalue weighted by atomic mass is 10.2. The topological polar surface area (TPSA) is 21.3 Å². The predicted octanol–water partition coefficient (Wildman–Crippen LogP) is 5.55. The first-order valence-corrected chi connectivity index (χ1v) is 8.62. The van der Waals surface area contributed by atoms with Gasteiger partial charge in [0.2, 0.25) is 0 Å². The van der Waals surface area contributed by atoms with Gasteiger partial charge in [-0.1, -0.05) is 56.5 Å². The van der Waals surface area contributed by atoms with Gasteiger partial charge in [0.15, 0.2) is 0 Å². The first-order valence-electron chi connectivity index (χ1n) is 6.66. The first kappa shape index (κ1) is 16.8. The van der Waals surface area contributed by atoms with E-state index in [1.807, 2.05) is 30.3 Å². The summed E-state index contributed by atoms with van der Waals surface area (Å²) >= 11 is 13.1. The Bertz CT molecular complexity index is 619. The van der Waals surface area contributed by atoms with Crippen LogP contribution in [0.15, 0.2) is 45.3 Å². The summed E-state index contributed by atoms with van der Waals surface area (Å²) < 4.78 is 7.95. The lowest BCUT2D eigenvalue weighted by molar-refractivity contribution is 0.302. The van der Waals surface area contributed by atoms with Crippen LogP contribution in [0.25, 0.3) is 0 Å². The highest BCUT2D eigenvalue weighted by atomic mass is 79.9. The smallest absolute Gasteiger partial charge is 0.124 e. The van der Waals surface area contributed by atoms with E-state index in [-0.39, 0.29) is 0 Å². The van der Waals surface area contributed by atoms with Crippen LogP contribution < -0.4 is 10.1 Å². The number of rotatable bonds is 6. The Labute approximate surface area is 147 Å². The third-order valence-corrected chi connectivity index (χ3v) is 4.32. The maximum absolute atomic E-state index is 6.21. The minimum Gasteiger partial charge on any atom is -0.489 e. The van der Waals surface area contributed by atoms with Crippen LogP contribution in [0.3, 0.4) is 0 Å². The number of nitrogens with one attached hydrogen (secondary N) is 1. The Balaban J connectivity index is 2.11. The largest absolute Gasteiger partial charge is 0.489 e. The summed E-state index contributed by atoms with van der Waals surface area (Å²) in [7, 11) is 0. The standard InChI is InChI=1S/C16H16Br2ClNO/c1-2-20-9-12-7-13(17)5-6-16(12)21-10-11-3-4-14(18)8-15(11)19/h3-8,20H,2,9-10H2,1H3. The molecule has 0 aliphatic carbocycles. The highest BCUT2D eigenvalue weighted by Gasteiger charge is 2.07. The average Bonchev–Trinajstić information content (AvgIpc) is 2.45. The molecule has 2 aromatic rings. The molecule has 2 rings (SSSR count). The summed E-state index contributed by atoms with van der Waals surface area (Å²) in [6.07, 6.45) is 0. The van der Waals surface area contributed by atoms with E-state index in [1.54, 1.807) is 0 Å². The number of benzene rings is 2. The van der Waals surface area contributed by atoms with E-state index in [1.165, 1.54) is 0 Å². The van der Waals surface area contributed by atoms with Crippen molar-refractivity contribution in [3.05, 3.63) is 61.5 Å². The van der Waals surface area contributed by atoms with Crippen LogP contribution >= 0.6 is 43.5 Å². The molecule has 0 radical (unpaired) electrons. The van der Waals surface area contributed by atoms with Crippen LogP contribution in [-0.2, 0) is 13.2 Å². The van der Waals surface area contributed by atoms with Crippen molar-refractivity contribution in [1.29, 1.82) is 0 Å². The van der Waals surface area contributed by atoms with Crippen LogP contribution in [0.5, 0.6) is 5.75 Å². The first-order chi connectivity index (χ1) is 10.1. The quantitative estimate of drug-likeness (QED) is 0.645. The van der Waals surface area contributed by atoms with Crippen LogP contribution in [0, 0.1) is 0 Å². The molecule has 0 bridgehead atoms. The van der Waals surface area contributed by atoms with Crippen molar-refractivity contribution in [1.82, 2.24) is 5.32 Å². The molecule has 2 aromatic carbocycles. The fraction of sp³-hybridized carbons (Fsp3) is 0.250. The van der Waals surface area contributed by atoms with Crippen molar-refractivity contribution in [2.45, 2.75) is 20.1 Å². The second-order valence-electron chi connectivity index (χ2n) is 4.56. The maximum Gasteiger partial charge on any atom is 0.124 e. The Hall–Kier alpha value is -0.550. The minimum absolute atomic E-state index is 0.451. The fourth-order valence-electron chi connectivity index (χ4n) is 1.88. The van der Waals surface area contributed by atoms with Crippen LogP contribution in [0.4, 0.5) is 0 Å². The molecule has 21 heavy (non-hydrogen) atoms. The van der Waals surface area contributed by atoms with Crippen molar-refractivity contribution in [2.75, 3.05) is 6.54 Å². The Kier molecular flexibility index (Phi) is 6.55. The van der Waals surface area contributed by atoms with E-state index in [9.17, 15) is 0 Å². The highest BCUT2D eigenvalue weighted by Crippen LogP contribution is 2.26. The van der Waals surface area contributed by atoms with E-state index in [0.717, 1.165) is 38.9 Å². The number of halogens is 3. The van der Waals surface area contributed by atoms with E-state index < -0.39 is 0 Å². The molecule has 0 aromatic heterocycles. The molecule has 0 amide bonds. The zero-order valence-corrected chi connectivity index (χ0v) is 15.6. The number of ether oxygens (including phenoxy) is 1. The van der Waals surface area contributed by atoms with Gasteiger partial charge in [0.05, 0.1) is 0 Å². The summed E-state index contributed by atoms with van der Waals surface area (Å²) in [5.74, 6) is 0.873. The molecule has 0 aliphatic heterocycles. The van der Waals surface area contributed by atoms with Crippen LogP contribution in [-0.4, -0.2) is 6.54 Å². The molecular formula is C16H16Br2ClNO. The van der Waals surface area contributed by atoms with Gasteiger partial charge in [-0.2, -0.15) is 0 Å². The van der Waals surface area contributed by atoms with Gasteiger partial charge < -0.3 is 10.1 Å². The van der Waals surface area contributed by atoms with Crippen molar-refractivity contribution >= 4 is 43.5 Å². The molecule has 0 heterocycles. The molecule has 112 valence electrons. The van der Waals surface area contributed by atoms with Crippen molar-refractivity contribution < 1.29 is 4.74 Å². The molecule has 0 atom stereocenters. The van der Waals surface area contributed by atoms with Crippen LogP contribution in [0.2, 0.25) is 5.02 Å². The molecule has 0 spiro atoms. The maximum atomic E-state index is 6.21. The van der Waals surface area contributed by atoms with Gasteiger partial charge in [-0.25, -0.2) is 0 Å². The van der Waals surface area contributed by atoms with Gasteiger partial charge in [-0.3, -0.25) is 0 Å². The molecular weight excluding hydrogens is 417 g/mol. The molecule has 5 heteroatoms. The van der Waals surface area contributed by atoms with Crippen molar-refractivity contribution in [3.8, 4) is 5.75 Å². The molecule has 1 N–H and O–H groups in total. The summed E-state index contributed by atoms with van der Waals surface area (Å²) in [6, 6.07) is 11.8. The minimum atomic E-state index is 0.451. The third-order valence-electron chi connectivity index (χ3n) is 2.99. The van der Waals surface area contributed by atoms with Crippen molar-refractivity contribution in [2.24, 2.45) is 0 Å². The summed E-state index contributed by atoms with van der Waals surface area (Å²) in [6.45, 7) is 4.23. The average molecular weight is 434 g/mol. The lowest BCUT2D eigenvalue weighted by Crippen LogP contribution is -2.13. The second-order valence-corrected chi connectivity index (χ2v) is 6.80.